The third-order valence-corrected chi connectivity index (χ3v) is 1.95. The Morgan fingerprint density at radius 1 is 1.07 bits per heavy atom. The van der Waals surface area contributed by atoms with Crippen molar-refractivity contribution in [3.63, 3.8) is 0 Å². The maximum Gasteiger partial charge on any atom is 0.122 e. The first-order valence-electron chi connectivity index (χ1n) is 4.13. The third kappa shape index (κ3) is 4.15. The first-order valence-corrected chi connectivity index (χ1v) is 4.88. The van der Waals surface area contributed by atoms with E-state index in [0.717, 1.165) is 6.42 Å². The summed E-state index contributed by atoms with van der Waals surface area (Å²) in [6, 6.07) is 5.06. The van der Waals surface area contributed by atoms with Crippen LogP contribution in [0.15, 0.2) is 18.2 Å². The van der Waals surface area contributed by atoms with Gasteiger partial charge in [0.05, 0.1) is 13.2 Å². The third-order valence-electron chi connectivity index (χ3n) is 1.51. The highest BCUT2D eigenvalue weighted by molar-refractivity contribution is 6.34. The molecule has 0 aliphatic carbocycles. The quantitative estimate of drug-likeness (QED) is 0.631. The van der Waals surface area contributed by atoms with Crippen LogP contribution in [0.4, 0.5) is 0 Å². The monoisotopic (exact) mass is 235 g/mol. The summed E-state index contributed by atoms with van der Waals surface area (Å²) in [6.07, 6.45) is 0.723. The van der Waals surface area contributed by atoms with Crippen LogP contribution in [0.25, 0.3) is 0 Å². The molecule has 1 aromatic carbocycles. The second-order valence-electron chi connectivity index (χ2n) is 2.68. The van der Waals surface area contributed by atoms with Crippen LogP contribution in [0, 0.1) is 0 Å². The molecule has 0 aliphatic heterocycles. The first kappa shape index (κ1) is 11.6. The van der Waals surface area contributed by atoms with E-state index >= 15 is 0 Å². The highest BCUT2D eigenvalue weighted by Crippen LogP contribution is 2.24. The van der Waals surface area contributed by atoms with E-state index in [1.54, 1.807) is 18.2 Å². The lowest BCUT2D eigenvalue weighted by atomic mass is 10.3. The van der Waals surface area contributed by atoms with Gasteiger partial charge >= 0.3 is 0 Å². The number of benzene rings is 1. The average Bonchev–Trinajstić information content (AvgIpc) is 2.11. The Morgan fingerprint density at radius 3 is 2.29 bits per heavy atom. The lowest BCUT2D eigenvalue weighted by Gasteiger charge is -2.06. The molecule has 0 aromatic heterocycles. The molecule has 0 radical (unpaired) electrons. The number of hydrogen-bond donors (Lipinski definition) is 1. The van der Waals surface area contributed by atoms with E-state index in [4.69, 9.17) is 33.8 Å². The fourth-order valence-corrected chi connectivity index (χ4v) is 1.45. The van der Waals surface area contributed by atoms with Crippen molar-refractivity contribution >= 4 is 23.2 Å². The molecule has 2 N–H and O–H groups in total. The minimum absolute atomic E-state index is 0.467. The number of nitrogens with two attached hydrogens (primary N) is 1. The van der Waals surface area contributed by atoms with E-state index in [2.05, 4.69) is 4.84 Å². The molecule has 78 valence electrons. The van der Waals surface area contributed by atoms with Gasteiger partial charge in [0, 0.05) is 16.5 Å². The van der Waals surface area contributed by atoms with Crippen molar-refractivity contribution in [2.75, 3.05) is 13.2 Å². The molecule has 0 unspecified atom stereocenters. The van der Waals surface area contributed by atoms with Crippen LogP contribution in [-0.4, -0.2) is 13.2 Å². The van der Waals surface area contributed by atoms with Gasteiger partial charge in [0.1, 0.15) is 5.75 Å². The molecule has 0 saturated heterocycles. The fraction of sp³-hybridized carbons (Fsp3) is 0.333. The Morgan fingerprint density at radius 2 is 1.71 bits per heavy atom. The fourth-order valence-electron chi connectivity index (χ4n) is 0.944. The normalized spacial score (nSPS) is 10.2. The van der Waals surface area contributed by atoms with Gasteiger partial charge in [0.2, 0.25) is 0 Å². The predicted molar refractivity (Wildman–Crippen MR) is 56.7 cm³/mol. The molecule has 0 heterocycles. The maximum absolute atomic E-state index is 5.78. The van der Waals surface area contributed by atoms with E-state index < -0.39 is 0 Å². The zero-order chi connectivity index (χ0) is 10.4. The van der Waals surface area contributed by atoms with Crippen molar-refractivity contribution in [2.45, 2.75) is 6.42 Å². The maximum atomic E-state index is 5.78. The van der Waals surface area contributed by atoms with Gasteiger partial charge in [-0.15, -0.1) is 0 Å². The number of halogens is 2. The highest BCUT2D eigenvalue weighted by Gasteiger charge is 1.98. The lowest BCUT2D eigenvalue weighted by molar-refractivity contribution is 0.122. The Balaban J connectivity index is 2.42. The molecule has 0 saturated carbocycles. The van der Waals surface area contributed by atoms with Crippen LogP contribution in [0.3, 0.4) is 0 Å². The molecule has 3 nitrogen and oxygen atoms in total. The Bertz CT molecular complexity index is 274. The molecular formula is C9H11Cl2NO2. The molecule has 0 fully saturated rings. The summed E-state index contributed by atoms with van der Waals surface area (Å²) < 4.78 is 5.37. The van der Waals surface area contributed by atoms with Gasteiger partial charge in [0.15, 0.2) is 0 Å². The van der Waals surface area contributed by atoms with E-state index in [1.807, 2.05) is 0 Å². The summed E-state index contributed by atoms with van der Waals surface area (Å²) in [5.41, 5.74) is 0. The van der Waals surface area contributed by atoms with E-state index in [-0.39, 0.29) is 0 Å². The van der Waals surface area contributed by atoms with Crippen LogP contribution < -0.4 is 10.6 Å². The second-order valence-corrected chi connectivity index (χ2v) is 3.55. The lowest BCUT2D eigenvalue weighted by Crippen LogP contribution is -2.06. The Labute approximate surface area is 92.7 Å². The van der Waals surface area contributed by atoms with Crippen LogP contribution in [0.2, 0.25) is 10.0 Å². The van der Waals surface area contributed by atoms with Crippen LogP contribution >= 0.6 is 23.2 Å². The van der Waals surface area contributed by atoms with Crippen molar-refractivity contribution < 1.29 is 9.57 Å². The van der Waals surface area contributed by atoms with Gasteiger partial charge in [-0.05, 0) is 18.2 Å². The molecule has 0 bridgehead atoms. The molecule has 0 atom stereocenters. The first-order chi connectivity index (χ1) is 6.72. The van der Waals surface area contributed by atoms with E-state index in [0.29, 0.717) is 29.0 Å². The zero-order valence-electron chi connectivity index (χ0n) is 7.50. The van der Waals surface area contributed by atoms with Gasteiger partial charge in [-0.2, -0.15) is 0 Å². The molecule has 1 rings (SSSR count). The smallest absolute Gasteiger partial charge is 0.122 e. The van der Waals surface area contributed by atoms with Crippen molar-refractivity contribution in [3.8, 4) is 5.75 Å². The van der Waals surface area contributed by atoms with Crippen LogP contribution in [0.1, 0.15) is 6.42 Å². The van der Waals surface area contributed by atoms with Gasteiger partial charge in [-0.3, -0.25) is 0 Å². The van der Waals surface area contributed by atoms with Crippen LogP contribution in [0.5, 0.6) is 5.75 Å². The zero-order valence-corrected chi connectivity index (χ0v) is 9.02. The highest BCUT2D eigenvalue weighted by atomic mass is 35.5. The van der Waals surface area contributed by atoms with Gasteiger partial charge in [-0.1, -0.05) is 23.2 Å². The number of hydrogen-bond acceptors (Lipinski definition) is 3. The molecule has 0 aliphatic rings. The Hall–Kier alpha value is -0.480. The van der Waals surface area contributed by atoms with Gasteiger partial charge in [0.25, 0.3) is 0 Å². The summed E-state index contributed by atoms with van der Waals surface area (Å²) in [5.74, 6) is 5.51. The van der Waals surface area contributed by atoms with Gasteiger partial charge in [-0.25, -0.2) is 5.90 Å². The topological polar surface area (TPSA) is 44.5 Å². The molecule has 14 heavy (non-hydrogen) atoms. The van der Waals surface area contributed by atoms with E-state index in [1.165, 1.54) is 0 Å². The van der Waals surface area contributed by atoms with Crippen molar-refractivity contribution in [1.29, 1.82) is 0 Å². The molecule has 0 spiro atoms. The summed E-state index contributed by atoms with van der Waals surface area (Å²) in [7, 11) is 0. The SMILES string of the molecule is NOCCCOc1cc(Cl)cc(Cl)c1. The van der Waals surface area contributed by atoms with Gasteiger partial charge < -0.3 is 9.57 Å². The molecular weight excluding hydrogens is 225 g/mol. The summed E-state index contributed by atoms with van der Waals surface area (Å²) >= 11 is 11.6. The largest absolute Gasteiger partial charge is 0.493 e. The minimum Gasteiger partial charge on any atom is -0.493 e. The van der Waals surface area contributed by atoms with Crippen molar-refractivity contribution in [2.24, 2.45) is 5.90 Å². The van der Waals surface area contributed by atoms with E-state index in [9.17, 15) is 0 Å². The predicted octanol–water partition coefficient (Wildman–Crippen LogP) is 2.65. The summed E-state index contributed by atoms with van der Waals surface area (Å²) in [5, 5.41) is 1.12. The molecule has 5 heteroatoms. The molecule has 0 amide bonds. The molecule has 1 aromatic rings. The summed E-state index contributed by atoms with van der Waals surface area (Å²) in [6.45, 7) is 0.988. The van der Waals surface area contributed by atoms with Crippen LogP contribution in [-0.2, 0) is 4.84 Å². The Kier molecular flexibility index (Phi) is 5.04. The number of ether oxygens (including phenoxy) is 1. The second kappa shape index (κ2) is 6.09. The standard InChI is InChI=1S/C9H11Cl2NO2/c10-7-4-8(11)6-9(5-7)13-2-1-3-14-12/h4-6H,1-3,12H2. The summed E-state index contributed by atoms with van der Waals surface area (Å²) in [4.78, 5) is 4.40. The minimum atomic E-state index is 0.467. The van der Waals surface area contributed by atoms with Crippen molar-refractivity contribution in [3.05, 3.63) is 28.2 Å². The number of rotatable bonds is 5. The van der Waals surface area contributed by atoms with Crippen molar-refractivity contribution in [1.82, 2.24) is 0 Å². The average molecular weight is 236 g/mol.